The third-order valence-corrected chi connectivity index (χ3v) is 2.70. The molecule has 8 nitrogen and oxygen atoms in total. The predicted octanol–water partition coefficient (Wildman–Crippen LogP) is 1.44. The quantitative estimate of drug-likeness (QED) is 0.386. The number of rotatable bonds is 4. The highest BCUT2D eigenvalue weighted by Gasteiger charge is 2.25. The van der Waals surface area contributed by atoms with Crippen molar-refractivity contribution in [2.75, 3.05) is 0 Å². The number of esters is 1. The second kappa shape index (κ2) is 5.54. The summed E-state index contributed by atoms with van der Waals surface area (Å²) in [4.78, 5) is 35.1. The Kier molecular flexibility index (Phi) is 4.32. The summed E-state index contributed by atoms with van der Waals surface area (Å²) in [5.74, 6) is -3.04. The number of pyridine rings is 1. The van der Waals surface area contributed by atoms with E-state index in [9.17, 15) is 19.7 Å². The van der Waals surface area contributed by atoms with Crippen LogP contribution in [0.4, 0.5) is 5.69 Å². The molecule has 0 spiro atoms. The van der Waals surface area contributed by atoms with E-state index in [1.54, 1.807) is 0 Å². The molecular formula is C9H7BrN2O6. The number of carbonyl (C=O) groups excluding carboxylic acids is 1. The van der Waals surface area contributed by atoms with Gasteiger partial charge in [0.25, 0.3) is 0 Å². The zero-order chi connectivity index (χ0) is 13.9. The highest BCUT2D eigenvalue weighted by molar-refractivity contribution is 9.10. The number of nitro groups is 1. The number of aliphatic carboxylic acids is 1. The molecule has 1 heterocycles. The van der Waals surface area contributed by atoms with Crippen LogP contribution in [0.5, 0.6) is 5.88 Å². The van der Waals surface area contributed by atoms with E-state index in [0.29, 0.717) is 4.47 Å². The second-order valence-corrected chi connectivity index (χ2v) is 4.04. The van der Waals surface area contributed by atoms with Gasteiger partial charge in [-0.25, -0.2) is 4.98 Å². The number of aromatic nitrogens is 1. The van der Waals surface area contributed by atoms with Gasteiger partial charge in [-0.15, -0.1) is 0 Å². The minimum atomic E-state index is -1.39. The maximum absolute atomic E-state index is 11.1. The Labute approximate surface area is 109 Å². The van der Waals surface area contributed by atoms with Gasteiger partial charge in [-0.1, -0.05) is 0 Å². The topological polar surface area (TPSA) is 120 Å². The number of ether oxygens (including phenoxy) is 1. The Hall–Kier alpha value is -2.03. The molecule has 0 amide bonds. The Morgan fingerprint density at radius 1 is 1.61 bits per heavy atom. The standard InChI is InChI=1S/C9H7BrN2O6/c1-4-5(10)3-11-9(8(4)12(16)17)18-7(15)2-6(13)14/h3H,2H2,1H3,(H,13,14). The Bertz CT molecular complexity index is 530. The average Bonchev–Trinajstić information content (AvgIpc) is 2.21. The summed E-state index contributed by atoms with van der Waals surface area (Å²) >= 11 is 3.05. The van der Waals surface area contributed by atoms with Crippen LogP contribution in [-0.4, -0.2) is 27.0 Å². The van der Waals surface area contributed by atoms with Gasteiger partial charge in [0, 0.05) is 16.2 Å². The van der Waals surface area contributed by atoms with E-state index >= 15 is 0 Å². The van der Waals surface area contributed by atoms with Crippen molar-refractivity contribution >= 4 is 33.6 Å². The molecule has 0 radical (unpaired) electrons. The number of carboxylic acid groups (broad SMARTS) is 1. The third kappa shape index (κ3) is 3.23. The van der Waals surface area contributed by atoms with Gasteiger partial charge in [0.15, 0.2) is 0 Å². The Morgan fingerprint density at radius 2 is 2.22 bits per heavy atom. The molecular weight excluding hydrogens is 312 g/mol. The molecule has 0 unspecified atom stereocenters. The van der Waals surface area contributed by atoms with Gasteiger partial charge in [0.05, 0.1) is 4.92 Å². The molecule has 9 heteroatoms. The van der Waals surface area contributed by atoms with E-state index in [-0.39, 0.29) is 5.56 Å². The molecule has 1 aromatic rings. The van der Waals surface area contributed by atoms with Gasteiger partial charge in [-0.05, 0) is 22.9 Å². The fourth-order valence-electron chi connectivity index (χ4n) is 1.10. The van der Waals surface area contributed by atoms with Gasteiger partial charge in [0.2, 0.25) is 0 Å². The lowest BCUT2D eigenvalue weighted by Crippen LogP contribution is -2.15. The van der Waals surface area contributed by atoms with Crippen molar-refractivity contribution in [1.29, 1.82) is 0 Å². The van der Waals surface area contributed by atoms with E-state index in [2.05, 4.69) is 25.7 Å². The summed E-state index contributed by atoms with van der Waals surface area (Å²) in [5.41, 5.74) is -0.253. The van der Waals surface area contributed by atoms with Crippen LogP contribution in [0.25, 0.3) is 0 Å². The predicted molar refractivity (Wildman–Crippen MR) is 61.2 cm³/mol. The molecule has 18 heavy (non-hydrogen) atoms. The average molecular weight is 319 g/mol. The summed E-state index contributed by atoms with van der Waals surface area (Å²) in [6, 6.07) is 0. The van der Waals surface area contributed by atoms with Crippen LogP contribution < -0.4 is 4.74 Å². The van der Waals surface area contributed by atoms with Crippen molar-refractivity contribution in [1.82, 2.24) is 4.98 Å². The smallest absolute Gasteiger partial charge is 0.335 e. The van der Waals surface area contributed by atoms with Gasteiger partial charge in [-0.2, -0.15) is 0 Å². The fraction of sp³-hybridized carbons (Fsp3) is 0.222. The van der Waals surface area contributed by atoms with Crippen LogP contribution >= 0.6 is 15.9 Å². The maximum atomic E-state index is 11.1. The van der Waals surface area contributed by atoms with E-state index < -0.39 is 34.9 Å². The van der Waals surface area contributed by atoms with Crippen LogP contribution in [0, 0.1) is 17.0 Å². The first-order chi connectivity index (χ1) is 8.32. The molecule has 0 atom stereocenters. The molecule has 0 saturated carbocycles. The molecule has 0 fully saturated rings. The van der Waals surface area contributed by atoms with Gasteiger partial charge in [-0.3, -0.25) is 19.7 Å². The molecule has 96 valence electrons. The Morgan fingerprint density at radius 3 is 2.72 bits per heavy atom. The number of nitrogens with zero attached hydrogens (tertiary/aromatic N) is 2. The van der Waals surface area contributed by atoms with E-state index in [1.807, 2.05) is 0 Å². The largest absolute Gasteiger partial charge is 0.481 e. The fourth-order valence-corrected chi connectivity index (χ4v) is 1.39. The van der Waals surface area contributed by atoms with E-state index in [1.165, 1.54) is 13.1 Å². The lowest BCUT2D eigenvalue weighted by molar-refractivity contribution is -0.386. The SMILES string of the molecule is Cc1c(Br)cnc(OC(=O)CC(=O)O)c1[N+](=O)[O-]. The normalized spacial score (nSPS) is 9.89. The molecule has 0 aliphatic heterocycles. The van der Waals surface area contributed by atoms with Crippen molar-refractivity contribution in [3.63, 3.8) is 0 Å². The highest BCUT2D eigenvalue weighted by Crippen LogP contribution is 2.32. The van der Waals surface area contributed by atoms with Crippen LogP contribution in [0.3, 0.4) is 0 Å². The number of carbonyl (C=O) groups is 2. The molecule has 1 N–H and O–H groups in total. The summed E-state index contributed by atoms with van der Waals surface area (Å²) in [7, 11) is 0. The first-order valence-corrected chi connectivity index (χ1v) is 5.34. The van der Waals surface area contributed by atoms with Crippen molar-refractivity contribution in [3.05, 3.63) is 26.3 Å². The van der Waals surface area contributed by atoms with E-state index in [0.717, 1.165) is 0 Å². The molecule has 0 aromatic carbocycles. The van der Waals surface area contributed by atoms with Crippen LogP contribution in [0.1, 0.15) is 12.0 Å². The summed E-state index contributed by atoms with van der Waals surface area (Å²) in [5, 5.41) is 19.2. The molecule has 1 rings (SSSR count). The minimum absolute atomic E-state index is 0.230. The van der Waals surface area contributed by atoms with Crippen LogP contribution in [0.2, 0.25) is 0 Å². The van der Waals surface area contributed by atoms with Crippen molar-refractivity contribution < 1.29 is 24.4 Å². The zero-order valence-corrected chi connectivity index (χ0v) is 10.6. The second-order valence-electron chi connectivity index (χ2n) is 3.19. The van der Waals surface area contributed by atoms with Gasteiger partial charge >= 0.3 is 23.5 Å². The zero-order valence-electron chi connectivity index (χ0n) is 9.05. The van der Waals surface area contributed by atoms with Gasteiger partial charge < -0.3 is 9.84 Å². The van der Waals surface area contributed by atoms with E-state index in [4.69, 9.17) is 5.11 Å². The molecule has 0 aliphatic rings. The van der Waals surface area contributed by atoms with Crippen molar-refractivity contribution in [2.24, 2.45) is 0 Å². The molecule has 0 bridgehead atoms. The number of halogens is 1. The number of hydrogen-bond donors (Lipinski definition) is 1. The van der Waals surface area contributed by atoms with Crippen LogP contribution in [-0.2, 0) is 9.59 Å². The monoisotopic (exact) mass is 318 g/mol. The number of hydrogen-bond acceptors (Lipinski definition) is 6. The van der Waals surface area contributed by atoms with Crippen molar-refractivity contribution in [3.8, 4) is 5.88 Å². The summed E-state index contributed by atoms with van der Waals surface area (Å²) < 4.78 is 4.94. The molecule has 0 saturated heterocycles. The van der Waals surface area contributed by atoms with Gasteiger partial charge in [0.1, 0.15) is 6.42 Å². The minimum Gasteiger partial charge on any atom is -0.481 e. The first kappa shape index (κ1) is 14.0. The highest BCUT2D eigenvalue weighted by atomic mass is 79.9. The summed E-state index contributed by atoms with van der Waals surface area (Å²) in [6.45, 7) is 1.44. The van der Waals surface area contributed by atoms with Crippen LogP contribution in [0.15, 0.2) is 10.7 Å². The molecule has 1 aromatic heterocycles. The maximum Gasteiger partial charge on any atom is 0.335 e. The Balaban J connectivity index is 3.10. The number of carboxylic acids is 1. The molecule has 0 aliphatic carbocycles. The first-order valence-electron chi connectivity index (χ1n) is 4.55. The lowest BCUT2D eigenvalue weighted by atomic mass is 10.2. The lowest BCUT2D eigenvalue weighted by Gasteiger charge is -2.05. The summed E-state index contributed by atoms with van der Waals surface area (Å²) in [6.07, 6.45) is 0.333. The third-order valence-electron chi connectivity index (χ3n) is 1.90. The van der Waals surface area contributed by atoms with Crippen molar-refractivity contribution in [2.45, 2.75) is 13.3 Å².